The van der Waals surface area contributed by atoms with Gasteiger partial charge in [-0.05, 0) is 44.5 Å². The molecule has 2 rings (SSSR count). The standard InChI is InChI=1S/C14H19F3N2S/c15-14(16,17)10-20-13-6-2-1-5-12(13)19-11-4-3-8-18-9-7-11/h1-2,5-6,11,18-19H,3-4,7-10H2. The number of hydrogen-bond donors (Lipinski definition) is 2. The highest BCUT2D eigenvalue weighted by Crippen LogP contribution is 2.32. The molecule has 2 nitrogen and oxygen atoms in total. The molecule has 0 amide bonds. The molecule has 20 heavy (non-hydrogen) atoms. The smallest absolute Gasteiger partial charge is 0.381 e. The predicted molar refractivity (Wildman–Crippen MR) is 77.4 cm³/mol. The number of benzene rings is 1. The molecular formula is C14H19F3N2S. The number of halogens is 3. The van der Waals surface area contributed by atoms with Gasteiger partial charge in [-0.3, -0.25) is 0 Å². The Balaban J connectivity index is 1.99. The lowest BCUT2D eigenvalue weighted by Gasteiger charge is -2.20. The van der Waals surface area contributed by atoms with Crippen molar-refractivity contribution >= 4 is 17.4 Å². The summed E-state index contributed by atoms with van der Waals surface area (Å²) >= 11 is 0.845. The third kappa shape index (κ3) is 5.25. The normalized spacial score (nSPS) is 20.4. The van der Waals surface area contributed by atoms with Gasteiger partial charge in [0.25, 0.3) is 0 Å². The number of thioether (sulfide) groups is 1. The number of anilines is 1. The van der Waals surface area contributed by atoms with Crippen LogP contribution in [0.5, 0.6) is 0 Å². The van der Waals surface area contributed by atoms with E-state index in [1.165, 1.54) is 0 Å². The largest absolute Gasteiger partial charge is 0.398 e. The number of nitrogens with one attached hydrogen (secondary N) is 2. The maximum atomic E-state index is 12.3. The summed E-state index contributed by atoms with van der Waals surface area (Å²) in [4.78, 5) is 0.669. The quantitative estimate of drug-likeness (QED) is 0.825. The molecule has 0 aliphatic carbocycles. The van der Waals surface area contributed by atoms with Gasteiger partial charge in [0.2, 0.25) is 0 Å². The molecule has 1 aliphatic heterocycles. The Labute approximate surface area is 121 Å². The predicted octanol–water partition coefficient (Wildman–Crippen LogP) is 3.90. The SMILES string of the molecule is FC(F)(F)CSc1ccccc1NC1CCCNCC1. The number of rotatable bonds is 4. The highest BCUT2D eigenvalue weighted by Gasteiger charge is 2.27. The van der Waals surface area contributed by atoms with Crippen molar-refractivity contribution in [2.75, 3.05) is 24.2 Å². The second-order valence-corrected chi connectivity index (χ2v) is 5.94. The molecule has 1 heterocycles. The second-order valence-electron chi connectivity index (χ2n) is 4.92. The number of para-hydroxylation sites is 1. The van der Waals surface area contributed by atoms with Crippen LogP contribution >= 0.6 is 11.8 Å². The lowest BCUT2D eigenvalue weighted by molar-refractivity contribution is -0.105. The number of hydrogen-bond acceptors (Lipinski definition) is 3. The van der Waals surface area contributed by atoms with E-state index in [0.29, 0.717) is 10.9 Å². The first-order valence-electron chi connectivity index (χ1n) is 6.80. The van der Waals surface area contributed by atoms with E-state index < -0.39 is 11.9 Å². The first kappa shape index (κ1) is 15.5. The second kappa shape index (κ2) is 7.22. The zero-order valence-electron chi connectivity index (χ0n) is 11.2. The molecule has 0 saturated carbocycles. The van der Waals surface area contributed by atoms with E-state index in [-0.39, 0.29) is 0 Å². The first-order valence-corrected chi connectivity index (χ1v) is 7.79. The molecule has 1 aromatic carbocycles. The van der Waals surface area contributed by atoms with Gasteiger partial charge in [-0.15, -0.1) is 11.8 Å². The zero-order chi connectivity index (χ0) is 14.4. The van der Waals surface area contributed by atoms with Crippen molar-refractivity contribution in [2.24, 2.45) is 0 Å². The summed E-state index contributed by atoms with van der Waals surface area (Å²) in [5, 5.41) is 6.73. The molecule has 0 bridgehead atoms. The van der Waals surface area contributed by atoms with Crippen LogP contribution in [-0.4, -0.2) is 31.1 Å². The molecule has 6 heteroatoms. The van der Waals surface area contributed by atoms with Crippen LogP contribution in [0.4, 0.5) is 18.9 Å². The minimum Gasteiger partial charge on any atom is -0.381 e. The summed E-state index contributed by atoms with van der Waals surface area (Å²) in [5.41, 5.74) is 0.814. The van der Waals surface area contributed by atoms with Crippen molar-refractivity contribution in [1.29, 1.82) is 0 Å². The van der Waals surface area contributed by atoms with Crippen molar-refractivity contribution in [3.8, 4) is 0 Å². The molecule has 1 aliphatic rings. The van der Waals surface area contributed by atoms with Crippen LogP contribution in [0.25, 0.3) is 0 Å². The topological polar surface area (TPSA) is 24.1 Å². The van der Waals surface area contributed by atoms with Gasteiger partial charge in [0, 0.05) is 16.6 Å². The van der Waals surface area contributed by atoms with Gasteiger partial charge in [0.1, 0.15) is 0 Å². The van der Waals surface area contributed by atoms with E-state index in [1.807, 2.05) is 12.1 Å². The molecule has 1 aromatic rings. The highest BCUT2D eigenvalue weighted by molar-refractivity contribution is 7.99. The first-order chi connectivity index (χ1) is 9.54. The Bertz CT molecular complexity index is 415. The summed E-state index contributed by atoms with van der Waals surface area (Å²) in [6, 6.07) is 7.57. The third-order valence-electron chi connectivity index (χ3n) is 3.21. The molecule has 2 N–H and O–H groups in total. The molecule has 1 atom stereocenters. The van der Waals surface area contributed by atoms with Crippen LogP contribution in [-0.2, 0) is 0 Å². The molecule has 0 aromatic heterocycles. The fourth-order valence-corrected chi connectivity index (χ4v) is 3.03. The van der Waals surface area contributed by atoms with Crippen molar-refractivity contribution in [3.63, 3.8) is 0 Å². The van der Waals surface area contributed by atoms with E-state index in [1.54, 1.807) is 12.1 Å². The molecule has 1 saturated heterocycles. The lowest BCUT2D eigenvalue weighted by Crippen LogP contribution is -2.21. The van der Waals surface area contributed by atoms with Crippen LogP contribution < -0.4 is 10.6 Å². The van der Waals surface area contributed by atoms with Crippen molar-refractivity contribution < 1.29 is 13.2 Å². The maximum Gasteiger partial charge on any atom is 0.398 e. The maximum absolute atomic E-state index is 12.3. The van der Waals surface area contributed by atoms with E-state index in [4.69, 9.17) is 0 Å². The van der Waals surface area contributed by atoms with Crippen molar-refractivity contribution in [3.05, 3.63) is 24.3 Å². The summed E-state index contributed by atoms with van der Waals surface area (Å²) in [5.74, 6) is -0.849. The van der Waals surface area contributed by atoms with Gasteiger partial charge < -0.3 is 10.6 Å². The minimum atomic E-state index is -4.13. The average Bonchev–Trinajstić information content (AvgIpc) is 2.65. The van der Waals surface area contributed by atoms with Crippen LogP contribution in [0.1, 0.15) is 19.3 Å². The highest BCUT2D eigenvalue weighted by atomic mass is 32.2. The minimum absolute atomic E-state index is 0.331. The van der Waals surface area contributed by atoms with E-state index in [0.717, 1.165) is 49.8 Å². The molecule has 0 radical (unpaired) electrons. The lowest BCUT2D eigenvalue weighted by atomic mass is 10.1. The van der Waals surface area contributed by atoms with Crippen LogP contribution in [0.2, 0.25) is 0 Å². The fourth-order valence-electron chi connectivity index (χ4n) is 2.25. The summed E-state index contributed by atoms with van der Waals surface area (Å²) in [6.07, 6.45) is -0.997. The molecular weight excluding hydrogens is 285 g/mol. The molecule has 112 valence electrons. The van der Waals surface area contributed by atoms with Gasteiger partial charge in [0.15, 0.2) is 0 Å². The van der Waals surface area contributed by atoms with Crippen LogP contribution in [0.3, 0.4) is 0 Å². The fraction of sp³-hybridized carbons (Fsp3) is 0.571. The van der Waals surface area contributed by atoms with Crippen molar-refractivity contribution in [2.45, 2.75) is 36.4 Å². The van der Waals surface area contributed by atoms with Crippen LogP contribution in [0, 0.1) is 0 Å². The molecule has 1 unspecified atom stereocenters. The van der Waals surface area contributed by atoms with E-state index in [2.05, 4.69) is 10.6 Å². The average molecular weight is 304 g/mol. The monoisotopic (exact) mass is 304 g/mol. The van der Waals surface area contributed by atoms with Gasteiger partial charge in [0.05, 0.1) is 5.75 Å². The van der Waals surface area contributed by atoms with Gasteiger partial charge in [-0.25, -0.2) is 0 Å². The zero-order valence-corrected chi connectivity index (χ0v) is 12.0. The third-order valence-corrected chi connectivity index (χ3v) is 4.35. The van der Waals surface area contributed by atoms with Gasteiger partial charge in [-0.2, -0.15) is 13.2 Å². The Morgan fingerprint density at radius 2 is 2.00 bits per heavy atom. The molecule has 1 fully saturated rings. The Kier molecular flexibility index (Phi) is 5.60. The number of alkyl halides is 3. The van der Waals surface area contributed by atoms with Gasteiger partial charge >= 0.3 is 6.18 Å². The van der Waals surface area contributed by atoms with Crippen LogP contribution in [0.15, 0.2) is 29.2 Å². The Morgan fingerprint density at radius 3 is 2.80 bits per heavy atom. The Hall–Kier alpha value is -0.880. The summed E-state index contributed by atoms with van der Waals surface area (Å²) < 4.78 is 37.0. The van der Waals surface area contributed by atoms with E-state index in [9.17, 15) is 13.2 Å². The summed E-state index contributed by atoms with van der Waals surface area (Å²) in [6.45, 7) is 1.97. The van der Waals surface area contributed by atoms with Crippen molar-refractivity contribution in [1.82, 2.24) is 5.32 Å². The van der Waals surface area contributed by atoms with Gasteiger partial charge in [-0.1, -0.05) is 12.1 Å². The molecule has 0 spiro atoms. The summed E-state index contributed by atoms with van der Waals surface area (Å²) in [7, 11) is 0. The Morgan fingerprint density at radius 1 is 1.20 bits per heavy atom. The van der Waals surface area contributed by atoms with E-state index >= 15 is 0 Å².